The van der Waals surface area contributed by atoms with Gasteiger partial charge >= 0.3 is 6.18 Å². The third-order valence-corrected chi connectivity index (χ3v) is 6.35. The van der Waals surface area contributed by atoms with E-state index in [2.05, 4.69) is 20.8 Å². The number of nitrogens with one attached hydrogen (secondary N) is 3. The lowest BCUT2D eigenvalue weighted by molar-refractivity contribution is -0.137. The van der Waals surface area contributed by atoms with Crippen molar-refractivity contribution in [2.75, 3.05) is 5.32 Å². The van der Waals surface area contributed by atoms with Crippen LogP contribution in [-0.2, 0) is 11.9 Å². The number of alkyl halides is 3. The molecule has 0 spiro atoms. The minimum absolute atomic E-state index is 0.0423. The zero-order chi connectivity index (χ0) is 26.9. The van der Waals surface area contributed by atoms with Crippen molar-refractivity contribution in [1.29, 1.82) is 0 Å². The van der Waals surface area contributed by atoms with E-state index in [1.807, 2.05) is 0 Å². The third-order valence-electron chi connectivity index (χ3n) is 5.75. The summed E-state index contributed by atoms with van der Waals surface area (Å²) in [6, 6.07) is 5.43. The number of anilines is 1. The minimum Gasteiger partial charge on any atom is -0.363 e. The lowest BCUT2D eigenvalue weighted by atomic mass is 9.91. The van der Waals surface area contributed by atoms with Gasteiger partial charge in [-0.3, -0.25) is 14.7 Å². The van der Waals surface area contributed by atoms with E-state index in [-0.39, 0.29) is 49.5 Å². The molecule has 190 valence electrons. The highest BCUT2D eigenvalue weighted by Crippen LogP contribution is 2.46. The molecular formula is C23H11Cl2F5N4O3. The molecule has 37 heavy (non-hydrogen) atoms. The number of carbonyl (C=O) groups excluding carboxylic acids is 2. The third kappa shape index (κ3) is 4.06. The summed E-state index contributed by atoms with van der Waals surface area (Å²) < 4.78 is 67.5. The number of nitrogens with zero attached hydrogens (tertiary/aromatic N) is 1. The van der Waals surface area contributed by atoms with Gasteiger partial charge in [0.2, 0.25) is 0 Å². The van der Waals surface area contributed by atoms with Crippen LogP contribution in [-0.4, -0.2) is 27.1 Å². The Balaban J connectivity index is 1.72. The van der Waals surface area contributed by atoms with Crippen LogP contribution in [0.3, 0.4) is 0 Å². The Hall–Kier alpha value is -3.74. The number of fused-ring (bicyclic) bond motifs is 3. The zero-order valence-corrected chi connectivity index (χ0v) is 19.4. The van der Waals surface area contributed by atoms with Crippen molar-refractivity contribution in [2.45, 2.75) is 11.9 Å². The van der Waals surface area contributed by atoms with Gasteiger partial charge in [-0.05, 0) is 42.5 Å². The van der Waals surface area contributed by atoms with Gasteiger partial charge in [0.1, 0.15) is 11.6 Å². The quantitative estimate of drug-likeness (QED) is 0.255. The predicted octanol–water partition coefficient (Wildman–Crippen LogP) is 5.36. The van der Waals surface area contributed by atoms with Crippen LogP contribution in [0, 0.1) is 11.6 Å². The Morgan fingerprint density at radius 1 is 1.05 bits per heavy atom. The lowest BCUT2D eigenvalue weighted by Crippen LogP contribution is -2.41. The average Bonchev–Trinajstić information content (AvgIpc) is 3.31. The number of hydrogen-bond donors (Lipinski definition) is 4. The summed E-state index contributed by atoms with van der Waals surface area (Å²) in [5.41, 5.74) is -5.70. The summed E-state index contributed by atoms with van der Waals surface area (Å²) in [5.74, 6) is -4.24. The first-order valence-corrected chi connectivity index (χ1v) is 11.0. The fourth-order valence-corrected chi connectivity index (χ4v) is 4.69. The van der Waals surface area contributed by atoms with Crippen molar-refractivity contribution >= 4 is 51.6 Å². The van der Waals surface area contributed by atoms with Gasteiger partial charge in [-0.25, -0.2) is 8.78 Å². The number of aromatic nitrogens is 2. The number of H-pyrrole nitrogens is 1. The van der Waals surface area contributed by atoms with Crippen LogP contribution in [0.25, 0.3) is 10.9 Å². The van der Waals surface area contributed by atoms with Crippen LogP contribution in [0.1, 0.15) is 37.4 Å². The van der Waals surface area contributed by atoms with E-state index in [1.165, 1.54) is 6.07 Å². The summed E-state index contributed by atoms with van der Waals surface area (Å²) in [6.45, 7) is 0. The van der Waals surface area contributed by atoms with E-state index >= 15 is 0 Å². The molecule has 4 N–H and O–H groups in total. The van der Waals surface area contributed by atoms with Gasteiger partial charge in [0.25, 0.3) is 11.8 Å². The molecule has 1 aromatic heterocycles. The molecule has 7 nitrogen and oxygen atoms in total. The van der Waals surface area contributed by atoms with Crippen molar-refractivity contribution in [3.8, 4) is 0 Å². The van der Waals surface area contributed by atoms with Crippen LogP contribution in [0.4, 0.5) is 27.6 Å². The second kappa shape index (κ2) is 8.40. The molecule has 2 heterocycles. The van der Waals surface area contributed by atoms with E-state index < -0.39 is 46.5 Å². The maximum atomic E-state index is 14.1. The fourth-order valence-electron chi connectivity index (χ4n) is 4.20. The molecule has 1 aliphatic rings. The molecule has 2 amide bonds. The van der Waals surface area contributed by atoms with Crippen LogP contribution in [0.15, 0.2) is 42.5 Å². The number of aliphatic hydroxyl groups is 1. The number of carbonyl (C=O) groups is 2. The number of benzene rings is 3. The Morgan fingerprint density at radius 2 is 1.78 bits per heavy atom. The number of amides is 2. The van der Waals surface area contributed by atoms with Crippen LogP contribution < -0.4 is 10.6 Å². The predicted molar refractivity (Wildman–Crippen MR) is 122 cm³/mol. The molecule has 0 radical (unpaired) electrons. The maximum absolute atomic E-state index is 14.1. The lowest BCUT2D eigenvalue weighted by Gasteiger charge is -2.27. The fraction of sp³-hybridized carbons (Fsp3) is 0.0870. The van der Waals surface area contributed by atoms with E-state index in [1.54, 1.807) is 0 Å². The highest BCUT2D eigenvalue weighted by Gasteiger charge is 2.48. The number of halogens is 7. The van der Waals surface area contributed by atoms with Crippen LogP contribution in [0.2, 0.25) is 10.2 Å². The average molecular weight is 557 g/mol. The van der Waals surface area contributed by atoms with Gasteiger partial charge in [0.15, 0.2) is 10.9 Å². The molecule has 0 fully saturated rings. The largest absolute Gasteiger partial charge is 0.416 e. The molecule has 0 saturated heterocycles. The van der Waals surface area contributed by atoms with Crippen molar-refractivity contribution in [3.63, 3.8) is 0 Å². The molecule has 4 aromatic rings. The molecule has 1 atom stereocenters. The topological polar surface area (TPSA) is 107 Å². The first kappa shape index (κ1) is 24.9. The first-order valence-electron chi connectivity index (χ1n) is 10.2. The second-order valence-electron chi connectivity index (χ2n) is 8.08. The number of hydrogen-bond acceptors (Lipinski definition) is 4. The molecule has 1 aliphatic heterocycles. The van der Waals surface area contributed by atoms with E-state index in [4.69, 9.17) is 23.2 Å². The molecule has 0 saturated carbocycles. The highest BCUT2D eigenvalue weighted by atomic mass is 35.5. The smallest absolute Gasteiger partial charge is 0.363 e. The van der Waals surface area contributed by atoms with Gasteiger partial charge in [-0.2, -0.15) is 18.3 Å². The summed E-state index contributed by atoms with van der Waals surface area (Å²) in [5, 5.41) is 22.2. The van der Waals surface area contributed by atoms with Gasteiger partial charge in [-0.1, -0.05) is 23.2 Å². The molecule has 1 unspecified atom stereocenters. The van der Waals surface area contributed by atoms with E-state index in [0.717, 1.165) is 18.2 Å². The van der Waals surface area contributed by atoms with Gasteiger partial charge < -0.3 is 15.7 Å². The summed E-state index contributed by atoms with van der Waals surface area (Å²) >= 11 is 12.3. The zero-order valence-electron chi connectivity index (χ0n) is 17.9. The Bertz CT molecular complexity index is 1640. The molecule has 5 rings (SSSR count). The van der Waals surface area contributed by atoms with Crippen molar-refractivity contribution in [1.82, 2.24) is 15.5 Å². The van der Waals surface area contributed by atoms with Gasteiger partial charge in [-0.15, -0.1) is 0 Å². The number of aromatic amines is 1. The summed E-state index contributed by atoms with van der Waals surface area (Å²) in [6.07, 6.45) is -4.94. The Labute approximate surface area is 213 Å². The van der Waals surface area contributed by atoms with Gasteiger partial charge in [0.05, 0.1) is 27.7 Å². The standard InChI is InChI=1S/C23H11Cl2F5N4O3/c24-13-2-1-10(26)6-12(13)22(37)18-15(7-14-16(19(25)34-33-14)17(18)21(36)32-22)31-20(35)8-3-9(23(28,29)30)5-11(27)4-8/h1-7,37H,(H,31,35)(H,32,36)(H,33,34). The molecule has 0 aliphatic carbocycles. The molecular weight excluding hydrogens is 546 g/mol. The molecule has 14 heteroatoms. The van der Waals surface area contributed by atoms with Crippen molar-refractivity contribution in [3.05, 3.63) is 92.1 Å². The Morgan fingerprint density at radius 3 is 2.49 bits per heavy atom. The Kier molecular flexibility index (Phi) is 5.66. The number of rotatable bonds is 3. The minimum atomic E-state index is -4.94. The second-order valence-corrected chi connectivity index (χ2v) is 8.85. The molecule has 3 aromatic carbocycles. The monoisotopic (exact) mass is 556 g/mol. The summed E-state index contributed by atoms with van der Waals surface area (Å²) in [7, 11) is 0. The first-order chi connectivity index (χ1) is 17.3. The SMILES string of the molecule is O=C(Nc1cc2[nH]nc(Cl)c2c2c1C(O)(c1cc(F)ccc1Cl)NC2=O)c1cc(F)cc(C(F)(F)F)c1. The van der Waals surface area contributed by atoms with Crippen molar-refractivity contribution in [2.24, 2.45) is 0 Å². The van der Waals surface area contributed by atoms with Crippen LogP contribution >= 0.6 is 23.2 Å². The maximum Gasteiger partial charge on any atom is 0.416 e. The van der Waals surface area contributed by atoms with Gasteiger partial charge in [0, 0.05) is 21.7 Å². The summed E-state index contributed by atoms with van der Waals surface area (Å²) in [4.78, 5) is 26.0. The highest BCUT2D eigenvalue weighted by molar-refractivity contribution is 6.36. The van der Waals surface area contributed by atoms with Crippen molar-refractivity contribution < 1.29 is 36.6 Å². The van der Waals surface area contributed by atoms with Crippen LogP contribution in [0.5, 0.6) is 0 Å². The van der Waals surface area contributed by atoms with E-state index in [0.29, 0.717) is 12.1 Å². The normalized spacial score (nSPS) is 17.1. The molecule has 0 bridgehead atoms. The van der Waals surface area contributed by atoms with E-state index in [9.17, 15) is 36.6 Å².